The summed E-state index contributed by atoms with van der Waals surface area (Å²) < 4.78 is 45.0. The van der Waals surface area contributed by atoms with Crippen molar-refractivity contribution in [1.29, 1.82) is 0 Å². The molecule has 0 radical (unpaired) electrons. The van der Waals surface area contributed by atoms with Crippen LogP contribution in [-0.4, -0.2) is 22.5 Å². The first-order valence-corrected chi connectivity index (χ1v) is 11.3. The predicted molar refractivity (Wildman–Crippen MR) is 130 cm³/mol. The lowest BCUT2D eigenvalue weighted by Crippen LogP contribution is -2.29. The summed E-state index contributed by atoms with van der Waals surface area (Å²) in [5.41, 5.74) is 1.08. The van der Waals surface area contributed by atoms with Gasteiger partial charge in [0, 0.05) is 18.2 Å². The van der Waals surface area contributed by atoms with E-state index in [1.807, 2.05) is 31.2 Å². The van der Waals surface area contributed by atoms with Crippen molar-refractivity contribution in [1.82, 2.24) is 4.90 Å². The predicted octanol–water partition coefficient (Wildman–Crippen LogP) is 7.72. The van der Waals surface area contributed by atoms with Gasteiger partial charge in [0.1, 0.15) is 11.5 Å². The average Bonchev–Trinajstić information content (AvgIpc) is 3.35. The summed E-state index contributed by atoms with van der Waals surface area (Å²) in [6.07, 6.45) is -1.37. The van der Waals surface area contributed by atoms with E-state index in [1.165, 1.54) is 34.9 Å². The number of thioether (sulfide) groups is 1. The smallest absolute Gasteiger partial charge is 0.416 e. The molecule has 4 rings (SSSR count). The number of nitrogens with zero attached hydrogens (tertiary/aromatic N) is 2. The molecule has 0 saturated carbocycles. The highest BCUT2D eigenvalue weighted by Gasteiger charge is 2.33. The van der Waals surface area contributed by atoms with Crippen LogP contribution in [0.5, 0.6) is 0 Å². The minimum Gasteiger partial charge on any atom is -0.457 e. The van der Waals surface area contributed by atoms with Gasteiger partial charge < -0.3 is 4.42 Å². The van der Waals surface area contributed by atoms with Crippen LogP contribution in [0.25, 0.3) is 17.4 Å². The molecule has 1 aromatic heterocycles. The van der Waals surface area contributed by atoms with E-state index in [0.717, 1.165) is 17.7 Å². The number of hydrogen-bond acceptors (Lipinski definition) is 4. The van der Waals surface area contributed by atoms with E-state index in [0.29, 0.717) is 21.5 Å². The van der Waals surface area contributed by atoms with Crippen molar-refractivity contribution >= 4 is 46.2 Å². The molecule has 0 atom stereocenters. The molecule has 4 nitrogen and oxygen atoms in total. The lowest BCUT2D eigenvalue weighted by Gasteiger charge is -2.12. The first-order chi connectivity index (χ1) is 16.2. The molecule has 1 fully saturated rings. The Labute approximate surface area is 203 Å². The molecule has 1 amide bonds. The summed E-state index contributed by atoms with van der Waals surface area (Å²) in [6, 6.07) is 13.7. The molecule has 0 spiro atoms. The monoisotopic (exact) mass is 502 g/mol. The van der Waals surface area contributed by atoms with Crippen molar-refractivity contribution in [2.24, 2.45) is 4.99 Å². The van der Waals surface area contributed by atoms with E-state index in [-0.39, 0.29) is 28.8 Å². The normalized spacial score (nSPS) is 16.6. The van der Waals surface area contributed by atoms with E-state index in [9.17, 15) is 18.0 Å². The van der Waals surface area contributed by atoms with Gasteiger partial charge in [-0.3, -0.25) is 9.69 Å². The average molecular weight is 503 g/mol. The molecule has 2 aromatic carbocycles. The number of halogens is 4. The molecule has 1 saturated heterocycles. The summed E-state index contributed by atoms with van der Waals surface area (Å²) in [7, 11) is 0. The van der Waals surface area contributed by atoms with Crippen LogP contribution < -0.4 is 0 Å². The minimum absolute atomic E-state index is 0.112. The highest BCUT2D eigenvalue weighted by Crippen LogP contribution is 2.38. The van der Waals surface area contributed by atoms with Crippen molar-refractivity contribution in [3.8, 4) is 11.3 Å². The first kappa shape index (κ1) is 23.9. The molecule has 1 aliphatic rings. The largest absolute Gasteiger partial charge is 0.457 e. The molecule has 0 bridgehead atoms. The van der Waals surface area contributed by atoms with Crippen LogP contribution >= 0.6 is 23.4 Å². The topological polar surface area (TPSA) is 45.8 Å². The highest BCUT2D eigenvalue weighted by atomic mass is 35.5. The maximum atomic E-state index is 13.1. The van der Waals surface area contributed by atoms with E-state index in [1.54, 1.807) is 12.1 Å². The molecule has 0 aliphatic carbocycles. The van der Waals surface area contributed by atoms with Crippen LogP contribution in [0, 0.1) is 6.92 Å². The van der Waals surface area contributed by atoms with Gasteiger partial charge in [0.25, 0.3) is 5.91 Å². The summed E-state index contributed by atoms with van der Waals surface area (Å²) in [5.74, 6) is 0.190. The van der Waals surface area contributed by atoms with E-state index < -0.39 is 11.7 Å². The lowest BCUT2D eigenvalue weighted by molar-refractivity contribution is -0.137. The number of amidine groups is 1. The van der Waals surface area contributed by atoms with Gasteiger partial charge in [-0.05, 0) is 61.2 Å². The summed E-state index contributed by atoms with van der Waals surface area (Å²) >= 11 is 7.29. The fourth-order valence-electron chi connectivity index (χ4n) is 3.21. The fraction of sp³-hybridized carbons (Fsp3) is 0.120. The van der Waals surface area contributed by atoms with Crippen LogP contribution in [0.1, 0.15) is 16.9 Å². The third kappa shape index (κ3) is 5.13. The van der Waals surface area contributed by atoms with Crippen molar-refractivity contribution in [2.75, 3.05) is 6.54 Å². The van der Waals surface area contributed by atoms with Gasteiger partial charge in [-0.1, -0.05) is 35.4 Å². The number of alkyl halides is 3. The fourth-order valence-corrected chi connectivity index (χ4v) is 4.40. The molecule has 2 heterocycles. The van der Waals surface area contributed by atoms with Gasteiger partial charge in [-0.25, -0.2) is 4.99 Å². The van der Waals surface area contributed by atoms with Crippen molar-refractivity contribution in [3.05, 3.63) is 94.1 Å². The van der Waals surface area contributed by atoms with Gasteiger partial charge in [-0.15, -0.1) is 6.58 Å². The van der Waals surface area contributed by atoms with Gasteiger partial charge in [0.2, 0.25) is 0 Å². The molecular weight excluding hydrogens is 485 g/mol. The Hall–Kier alpha value is -3.23. The molecule has 1 aliphatic heterocycles. The minimum atomic E-state index is -4.51. The number of benzene rings is 2. The molecule has 0 unspecified atom stereocenters. The molecule has 174 valence electrons. The Kier molecular flexibility index (Phi) is 6.72. The SMILES string of the molecule is C=CCN1C(=O)/C(=C/c2ccc(-c3cc(C(F)(F)F)ccc3Cl)o2)SC1=Nc1ccc(C)cc1. The number of aryl methyl sites for hydroxylation is 1. The molecular formula is C25H18ClF3N2O2S. The Morgan fingerprint density at radius 3 is 2.56 bits per heavy atom. The Morgan fingerprint density at radius 1 is 1.15 bits per heavy atom. The zero-order valence-corrected chi connectivity index (χ0v) is 19.5. The second kappa shape index (κ2) is 9.56. The molecule has 0 N–H and O–H groups in total. The Balaban J connectivity index is 1.64. The number of amides is 1. The van der Waals surface area contributed by atoms with Crippen molar-refractivity contribution in [3.63, 3.8) is 0 Å². The zero-order valence-electron chi connectivity index (χ0n) is 17.9. The number of furan rings is 1. The van der Waals surface area contributed by atoms with Crippen molar-refractivity contribution in [2.45, 2.75) is 13.1 Å². The molecule has 34 heavy (non-hydrogen) atoms. The van der Waals surface area contributed by atoms with Crippen LogP contribution in [-0.2, 0) is 11.0 Å². The summed E-state index contributed by atoms with van der Waals surface area (Å²) in [5, 5.41) is 0.616. The number of rotatable bonds is 5. The third-order valence-corrected chi connectivity index (χ3v) is 6.25. The lowest BCUT2D eigenvalue weighted by atomic mass is 10.1. The van der Waals surface area contributed by atoms with Crippen molar-refractivity contribution < 1.29 is 22.4 Å². The maximum Gasteiger partial charge on any atom is 0.416 e. The molecule has 9 heteroatoms. The number of hydrogen-bond donors (Lipinski definition) is 0. The third-order valence-electron chi connectivity index (χ3n) is 4.92. The number of aliphatic imine (C=N–C) groups is 1. The van der Waals surface area contributed by atoms with Crippen LogP contribution in [0.3, 0.4) is 0 Å². The Bertz CT molecular complexity index is 1310. The van der Waals surface area contributed by atoms with Gasteiger partial charge >= 0.3 is 6.18 Å². The van der Waals surface area contributed by atoms with Crippen LogP contribution in [0.15, 0.2) is 81.6 Å². The van der Waals surface area contributed by atoms with Gasteiger partial charge in [0.15, 0.2) is 5.17 Å². The second-order valence-electron chi connectivity index (χ2n) is 7.44. The number of carbonyl (C=O) groups excluding carboxylic acids is 1. The van der Waals surface area contributed by atoms with Gasteiger partial charge in [-0.2, -0.15) is 13.2 Å². The Morgan fingerprint density at radius 2 is 1.88 bits per heavy atom. The highest BCUT2D eigenvalue weighted by molar-refractivity contribution is 8.18. The summed E-state index contributed by atoms with van der Waals surface area (Å²) in [6.45, 7) is 5.95. The standard InChI is InChI=1S/C25H18ClF3N2O2S/c1-3-12-31-23(32)22(34-24(31)30-17-7-4-15(2)5-8-17)14-18-9-11-21(33-18)19-13-16(25(27,28)29)6-10-20(19)26/h3-11,13-14H,1,12H2,2H3/b22-14-,30-24?. The first-order valence-electron chi connectivity index (χ1n) is 10.1. The number of carbonyl (C=O) groups is 1. The summed E-state index contributed by atoms with van der Waals surface area (Å²) in [4.78, 5) is 19.4. The van der Waals surface area contributed by atoms with E-state index >= 15 is 0 Å². The maximum absolute atomic E-state index is 13.1. The van der Waals surface area contributed by atoms with E-state index in [2.05, 4.69) is 11.6 Å². The van der Waals surface area contributed by atoms with E-state index in [4.69, 9.17) is 16.0 Å². The van der Waals surface area contributed by atoms with Crippen LogP contribution in [0.4, 0.5) is 18.9 Å². The second-order valence-corrected chi connectivity index (χ2v) is 8.86. The quantitative estimate of drug-likeness (QED) is 0.265. The zero-order chi connectivity index (χ0) is 24.5. The molecule has 3 aromatic rings. The van der Waals surface area contributed by atoms with Gasteiger partial charge in [0.05, 0.1) is 21.2 Å². The van der Waals surface area contributed by atoms with Crippen LogP contribution in [0.2, 0.25) is 5.02 Å².